The van der Waals surface area contributed by atoms with Gasteiger partial charge in [-0.1, -0.05) is 19.1 Å². The summed E-state index contributed by atoms with van der Waals surface area (Å²) in [7, 11) is 2.20. The highest BCUT2D eigenvalue weighted by Crippen LogP contribution is 2.30. The van der Waals surface area contributed by atoms with Gasteiger partial charge in [-0.15, -0.1) is 0 Å². The largest absolute Gasteiger partial charge is 0.389 e. The molecular weight excluding hydrogens is 252 g/mol. The van der Waals surface area contributed by atoms with Gasteiger partial charge in [0.1, 0.15) is 4.99 Å². The Kier molecular flexibility index (Phi) is 4.46. The lowest BCUT2D eigenvalue weighted by molar-refractivity contribution is 0.341. The second kappa shape index (κ2) is 5.91. The Hall–Kier alpha value is -1.09. The number of benzene rings is 1. The highest BCUT2D eigenvalue weighted by atomic mass is 32.1. The number of aryl methyl sites for hydroxylation is 1. The summed E-state index contributed by atoms with van der Waals surface area (Å²) in [6.07, 6.45) is 5.29. The zero-order valence-electron chi connectivity index (χ0n) is 12.1. The number of hydrogen-bond donors (Lipinski definition) is 1. The predicted molar refractivity (Wildman–Crippen MR) is 86.9 cm³/mol. The van der Waals surface area contributed by atoms with E-state index in [0.29, 0.717) is 11.0 Å². The van der Waals surface area contributed by atoms with Gasteiger partial charge in [0.2, 0.25) is 0 Å². The summed E-state index contributed by atoms with van der Waals surface area (Å²) in [6, 6.07) is 7.06. The molecular formula is C16H24N2S. The van der Waals surface area contributed by atoms with E-state index < -0.39 is 0 Å². The molecule has 0 spiro atoms. The molecule has 0 aromatic heterocycles. The third-order valence-electron chi connectivity index (χ3n) is 4.42. The number of rotatable bonds is 3. The number of hydrogen-bond acceptors (Lipinski definition) is 2. The van der Waals surface area contributed by atoms with E-state index in [1.807, 2.05) is 0 Å². The molecule has 0 unspecified atom stereocenters. The van der Waals surface area contributed by atoms with Gasteiger partial charge >= 0.3 is 0 Å². The highest BCUT2D eigenvalue weighted by molar-refractivity contribution is 7.80. The van der Waals surface area contributed by atoms with Gasteiger partial charge in [-0.3, -0.25) is 0 Å². The molecule has 0 heterocycles. The first-order chi connectivity index (χ1) is 8.99. The Bertz CT molecular complexity index is 462. The van der Waals surface area contributed by atoms with Crippen LogP contribution in [0.4, 0.5) is 5.69 Å². The topological polar surface area (TPSA) is 29.3 Å². The fraction of sp³-hybridized carbons (Fsp3) is 0.562. The third kappa shape index (κ3) is 3.27. The van der Waals surface area contributed by atoms with Crippen LogP contribution in [0.15, 0.2) is 18.2 Å². The molecule has 0 amide bonds. The van der Waals surface area contributed by atoms with Crippen LogP contribution < -0.4 is 10.6 Å². The van der Waals surface area contributed by atoms with Crippen LogP contribution in [0.3, 0.4) is 0 Å². The van der Waals surface area contributed by atoms with Gasteiger partial charge in [-0.25, -0.2) is 0 Å². The molecule has 1 aromatic rings. The maximum absolute atomic E-state index is 5.72. The van der Waals surface area contributed by atoms with Gasteiger partial charge in [0, 0.05) is 24.3 Å². The van der Waals surface area contributed by atoms with E-state index >= 15 is 0 Å². The minimum absolute atomic E-state index is 0.484. The Balaban J connectivity index is 2.13. The molecule has 0 aliphatic heterocycles. The molecule has 1 aliphatic rings. The van der Waals surface area contributed by atoms with Crippen LogP contribution >= 0.6 is 12.2 Å². The highest BCUT2D eigenvalue weighted by Gasteiger charge is 2.22. The first-order valence-electron chi connectivity index (χ1n) is 7.12. The van der Waals surface area contributed by atoms with E-state index in [9.17, 15) is 0 Å². The average molecular weight is 276 g/mol. The van der Waals surface area contributed by atoms with Gasteiger partial charge in [-0.2, -0.15) is 0 Å². The molecule has 3 heteroatoms. The first-order valence-corrected chi connectivity index (χ1v) is 7.53. The van der Waals surface area contributed by atoms with E-state index in [4.69, 9.17) is 18.0 Å². The summed E-state index contributed by atoms with van der Waals surface area (Å²) < 4.78 is 0. The quantitative estimate of drug-likeness (QED) is 0.855. The summed E-state index contributed by atoms with van der Waals surface area (Å²) >= 11 is 5.06. The van der Waals surface area contributed by atoms with Crippen molar-refractivity contribution in [1.82, 2.24) is 0 Å². The minimum Gasteiger partial charge on any atom is -0.389 e. The second-order valence-corrected chi connectivity index (χ2v) is 6.33. The summed E-state index contributed by atoms with van der Waals surface area (Å²) in [5, 5.41) is 0. The molecule has 1 aromatic carbocycles. The van der Waals surface area contributed by atoms with E-state index in [1.54, 1.807) is 0 Å². The summed E-state index contributed by atoms with van der Waals surface area (Å²) in [5.41, 5.74) is 9.15. The van der Waals surface area contributed by atoms with Crippen LogP contribution in [-0.2, 0) is 0 Å². The second-order valence-electron chi connectivity index (χ2n) is 5.89. The van der Waals surface area contributed by atoms with E-state index in [1.165, 1.54) is 36.9 Å². The minimum atomic E-state index is 0.484. The smallest absolute Gasteiger partial charge is 0.104 e. The summed E-state index contributed by atoms with van der Waals surface area (Å²) in [6.45, 7) is 4.44. The fourth-order valence-electron chi connectivity index (χ4n) is 2.98. The van der Waals surface area contributed by atoms with Crippen molar-refractivity contribution >= 4 is 22.9 Å². The normalized spacial score (nSPS) is 23.1. The molecule has 2 rings (SSSR count). The SMILES string of the molecule is Cc1cc(N(C)C2CCC(C)CC2)ccc1C(N)=S. The molecule has 0 radical (unpaired) electrons. The van der Waals surface area contributed by atoms with Gasteiger partial charge < -0.3 is 10.6 Å². The molecule has 104 valence electrons. The molecule has 1 saturated carbocycles. The first kappa shape index (κ1) is 14.3. The lowest BCUT2D eigenvalue weighted by Crippen LogP contribution is -2.34. The predicted octanol–water partition coefficient (Wildman–Crippen LogP) is 3.64. The molecule has 0 bridgehead atoms. The molecule has 0 saturated heterocycles. The van der Waals surface area contributed by atoms with Crippen molar-refractivity contribution in [1.29, 1.82) is 0 Å². The lowest BCUT2D eigenvalue weighted by atomic mass is 9.86. The van der Waals surface area contributed by atoms with Crippen molar-refractivity contribution < 1.29 is 0 Å². The number of thiocarbonyl (C=S) groups is 1. The van der Waals surface area contributed by atoms with Crippen LogP contribution in [-0.4, -0.2) is 18.1 Å². The van der Waals surface area contributed by atoms with Gasteiger partial charge in [0.05, 0.1) is 0 Å². The van der Waals surface area contributed by atoms with Crippen molar-refractivity contribution in [2.75, 3.05) is 11.9 Å². The number of anilines is 1. The zero-order chi connectivity index (χ0) is 14.0. The van der Waals surface area contributed by atoms with Gasteiger partial charge in [-0.05, 0) is 62.3 Å². The van der Waals surface area contributed by atoms with E-state index in [-0.39, 0.29) is 0 Å². The van der Waals surface area contributed by atoms with Crippen molar-refractivity contribution in [3.8, 4) is 0 Å². The Labute approximate surface area is 122 Å². The van der Waals surface area contributed by atoms with Gasteiger partial charge in [0.15, 0.2) is 0 Å². The van der Waals surface area contributed by atoms with Crippen LogP contribution in [0.2, 0.25) is 0 Å². The molecule has 0 atom stereocenters. The lowest BCUT2D eigenvalue weighted by Gasteiger charge is -2.35. The summed E-state index contributed by atoms with van der Waals surface area (Å²) in [5.74, 6) is 0.892. The van der Waals surface area contributed by atoms with Crippen molar-refractivity contribution in [3.05, 3.63) is 29.3 Å². The number of nitrogens with two attached hydrogens (primary N) is 1. The number of nitrogens with zero attached hydrogens (tertiary/aromatic N) is 1. The third-order valence-corrected chi connectivity index (χ3v) is 4.64. The van der Waals surface area contributed by atoms with Crippen LogP contribution in [0.5, 0.6) is 0 Å². The molecule has 2 N–H and O–H groups in total. The van der Waals surface area contributed by atoms with Gasteiger partial charge in [0.25, 0.3) is 0 Å². The van der Waals surface area contributed by atoms with E-state index in [0.717, 1.165) is 11.5 Å². The van der Waals surface area contributed by atoms with Crippen molar-refractivity contribution in [2.24, 2.45) is 11.7 Å². The standard InChI is InChI=1S/C16H24N2S/c1-11-4-6-13(7-5-11)18(3)14-8-9-15(16(17)19)12(2)10-14/h8-11,13H,4-7H2,1-3H3,(H2,17,19). The van der Waals surface area contributed by atoms with Crippen molar-refractivity contribution in [3.63, 3.8) is 0 Å². The van der Waals surface area contributed by atoms with Crippen LogP contribution in [0, 0.1) is 12.8 Å². The maximum Gasteiger partial charge on any atom is 0.104 e. The monoisotopic (exact) mass is 276 g/mol. The van der Waals surface area contributed by atoms with Crippen molar-refractivity contribution in [2.45, 2.75) is 45.6 Å². The molecule has 1 fully saturated rings. The Morgan fingerprint density at radius 3 is 2.42 bits per heavy atom. The molecule has 1 aliphatic carbocycles. The zero-order valence-corrected chi connectivity index (χ0v) is 13.0. The summed E-state index contributed by atoms with van der Waals surface area (Å²) in [4.78, 5) is 2.90. The van der Waals surface area contributed by atoms with Crippen LogP contribution in [0.1, 0.15) is 43.7 Å². The molecule has 19 heavy (non-hydrogen) atoms. The molecule has 2 nitrogen and oxygen atoms in total. The average Bonchev–Trinajstić information content (AvgIpc) is 2.38. The Morgan fingerprint density at radius 2 is 1.89 bits per heavy atom. The fourth-order valence-corrected chi connectivity index (χ4v) is 3.21. The Morgan fingerprint density at radius 1 is 1.26 bits per heavy atom. The maximum atomic E-state index is 5.72. The van der Waals surface area contributed by atoms with E-state index in [2.05, 4.69) is 44.0 Å². The van der Waals surface area contributed by atoms with Crippen LogP contribution in [0.25, 0.3) is 0 Å².